The van der Waals surface area contributed by atoms with Crippen LogP contribution in [0.5, 0.6) is 0 Å². The molecule has 0 aliphatic carbocycles. The summed E-state index contributed by atoms with van der Waals surface area (Å²) in [5.74, 6) is -0.352. The molecule has 1 fully saturated rings. The third-order valence-corrected chi connectivity index (χ3v) is 11.2. The van der Waals surface area contributed by atoms with Gasteiger partial charge in [0.05, 0.1) is 25.4 Å². The van der Waals surface area contributed by atoms with Crippen molar-refractivity contribution >= 4 is 26.7 Å². The van der Waals surface area contributed by atoms with Crippen molar-refractivity contribution in [1.29, 1.82) is 0 Å². The maximum Gasteiger partial charge on any atom is 0.397 e. The van der Waals surface area contributed by atoms with Crippen LogP contribution in [0.1, 0.15) is 181 Å². The molecule has 17 heteroatoms. The number of hydrogen-bond acceptors (Lipinski definition) is 12. The highest BCUT2D eigenvalue weighted by molar-refractivity contribution is 7.81. The zero-order chi connectivity index (χ0) is 42.4. The van der Waals surface area contributed by atoms with E-state index in [0.29, 0.717) is 12.8 Å². The highest BCUT2D eigenvalue weighted by Crippen LogP contribution is 2.27. The first-order valence-electron chi connectivity index (χ1n) is 21.7. The quantitative estimate of drug-likeness (QED) is 0.0209. The predicted molar refractivity (Wildman–Crippen MR) is 219 cm³/mol. The zero-order valence-corrected chi connectivity index (χ0v) is 36.4. The van der Waals surface area contributed by atoms with Gasteiger partial charge in [0, 0.05) is 6.42 Å². The van der Waals surface area contributed by atoms with Gasteiger partial charge >= 0.3 is 20.8 Å². The monoisotopic (exact) mass is 859 g/mol. The van der Waals surface area contributed by atoms with Crippen LogP contribution in [0.15, 0.2) is 12.2 Å². The van der Waals surface area contributed by atoms with E-state index in [1.54, 1.807) is 0 Å². The Morgan fingerprint density at radius 1 is 0.684 bits per heavy atom. The Kier molecular flexibility index (Phi) is 30.7. The third-order valence-electron chi connectivity index (χ3n) is 10.3. The highest BCUT2D eigenvalue weighted by Gasteiger charge is 2.48. The van der Waals surface area contributed by atoms with Crippen molar-refractivity contribution in [2.75, 3.05) is 13.2 Å². The van der Waals surface area contributed by atoms with E-state index in [2.05, 4.69) is 27.5 Å². The van der Waals surface area contributed by atoms with Crippen LogP contribution in [-0.4, -0.2) is 103 Å². The molecule has 0 aromatic carbocycles. The predicted octanol–water partition coefficient (Wildman–Crippen LogP) is 7.04. The molecule has 7 atom stereocenters. The molecule has 0 aromatic rings. The maximum absolute atomic E-state index is 13.0. The van der Waals surface area contributed by atoms with Crippen molar-refractivity contribution in [3.63, 3.8) is 0 Å². The smallest absolute Gasteiger partial charge is 0.387 e. The summed E-state index contributed by atoms with van der Waals surface area (Å²) in [5.41, 5.74) is 0. The maximum atomic E-state index is 13.0. The van der Waals surface area contributed by atoms with Crippen LogP contribution in [0.3, 0.4) is 0 Å². The Morgan fingerprint density at radius 2 is 1.14 bits per heavy atom. The number of aliphatic hydroxyl groups is 3. The lowest BCUT2D eigenvalue weighted by Crippen LogP contribution is -2.61. The van der Waals surface area contributed by atoms with Gasteiger partial charge in [-0.25, -0.2) is 8.37 Å². The van der Waals surface area contributed by atoms with Gasteiger partial charge in [-0.05, 0) is 19.3 Å². The molecule has 0 spiro atoms. The normalized spacial score (nSPS) is 21.6. The van der Waals surface area contributed by atoms with Crippen LogP contribution in [0.25, 0.3) is 0 Å². The van der Waals surface area contributed by atoms with Crippen molar-refractivity contribution in [3.8, 4) is 0 Å². The number of carbonyl (C=O) groups excluding carboxylic acids is 1. The summed E-state index contributed by atoms with van der Waals surface area (Å²) in [4.78, 5) is 13.0. The summed E-state index contributed by atoms with van der Waals surface area (Å²) in [6, 6.07) is -1.08. The first kappa shape index (κ1) is 53.8. The van der Waals surface area contributed by atoms with Crippen molar-refractivity contribution < 1.29 is 63.9 Å². The summed E-state index contributed by atoms with van der Waals surface area (Å²) in [7, 11) is -10.2. The number of hydrogen-bond donors (Lipinski definition) is 6. The van der Waals surface area contributed by atoms with E-state index in [9.17, 15) is 41.5 Å². The lowest BCUT2D eigenvalue weighted by molar-refractivity contribution is -0.296. The van der Waals surface area contributed by atoms with Crippen molar-refractivity contribution in [3.05, 3.63) is 12.2 Å². The second-order valence-electron chi connectivity index (χ2n) is 15.5. The van der Waals surface area contributed by atoms with E-state index in [1.165, 1.54) is 115 Å². The Labute approximate surface area is 344 Å². The molecule has 15 nitrogen and oxygen atoms in total. The van der Waals surface area contributed by atoms with Crippen LogP contribution in [-0.2, 0) is 43.4 Å². The van der Waals surface area contributed by atoms with Gasteiger partial charge in [0.15, 0.2) is 12.4 Å². The van der Waals surface area contributed by atoms with E-state index in [4.69, 9.17) is 14.0 Å². The number of unbranched alkanes of at least 4 members (excludes halogenated alkanes) is 23. The first-order chi connectivity index (χ1) is 27.2. The molecule has 5 unspecified atom stereocenters. The van der Waals surface area contributed by atoms with Crippen LogP contribution in [0.4, 0.5) is 0 Å². The van der Waals surface area contributed by atoms with E-state index in [1.807, 2.05) is 6.08 Å². The number of allylic oxidation sites excluding steroid dienone is 1. The van der Waals surface area contributed by atoms with Gasteiger partial charge < -0.3 is 30.1 Å². The van der Waals surface area contributed by atoms with E-state index in [-0.39, 0.29) is 12.3 Å². The standard InChI is InChI=1S/C40H77NO14S2/c1-3-5-7-9-11-13-15-17-19-21-23-25-27-29-34(42)33(41-36(43)30-28-26-24-22-20-18-16-14-12-10-8-6-4-2)31-52-40-39(55-57(49,50)51)38(45)37(44)35(54-40)32-53-56(46,47)48/h27,29,33-35,37-40,42,44-45H,3-26,28,30-32H2,1-2H3,(H,41,43)(H,46,47,48)(H,49,50,51)/b29-27+/t33-,34+,35?,37?,38?,39?,40?/m0/s1. The first-order valence-corrected chi connectivity index (χ1v) is 24.5. The zero-order valence-electron chi connectivity index (χ0n) is 34.7. The molecular formula is C40H77NO14S2. The fraction of sp³-hybridized carbons (Fsp3) is 0.925. The largest absolute Gasteiger partial charge is 0.397 e. The third kappa shape index (κ3) is 28.8. The minimum Gasteiger partial charge on any atom is -0.387 e. The fourth-order valence-corrected chi connectivity index (χ4v) is 7.67. The second kappa shape index (κ2) is 32.5. The minimum absolute atomic E-state index is 0.192. The Hall–Kier alpha value is -1.25. The molecule has 0 radical (unpaired) electrons. The number of carbonyl (C=O) groups is 1. The number of rotatable bonds is 37. The van der Waals surface area contributed by atoms with Gasteiger partial charge in [-0.3, -0.25) is 13.9 Å². The van der Waals surface area contributed by atoms with Gasteiger partial charge in [0.25, 0.3) is 0 Å². The van der Waals surface area contributed by atoms with Gasteiger partial charge in [0.1, 0.15) is 18.3 Å². The molecule has 0 bridgehead atoms. The molecule has 0 aromatic heterocycles. The van der Waals surface area contributed by atoms with Gasteiger partial charge in [-0.1, -0.05) is 167 Å². The molecular weight excluding hydrogens is 783 g/mol. The summed E-state index contributed by atoms with van der Waals surface area (Å²) in [6.45, 7) is 2.92. The number of nitrogens with one attached hydrogen (secondary N) is 1. The van der Waals surface area contributed by atoms with Crippen molar-refractivity contribution in [1.82, 2.24) is 5.32 Å². The molecule has 1 heterocycles. The highest BCUT2D eigenvalue weighted by atomic mass is 32.3. The Morgan fingerprint density at radius 3 is 1.60 bits per heavy atom. The Balaban J connectivity index is 2.76. The Bertz CT molecular complexity index is 1250. The topological polar surface area (TPSA) is 235 Å². The summed E-state index contributed by atoms with van der Waals surface area (Å²) in [6.07, 6.45) is 21.5. The molecule has 57 heavy (non-hydrogen) atoms. The summed E-state index contributed by atoms with van der Waals surface area (Å²) < 4.78 is 83.6. The molecule has 1 amide bonds. The molecule has 1 rings (SSSR count). The average molecular weight is 860 g/mol. The average Bonchev–Trinajstić information content (AvgIpc) is 3.15. The fourth-order valence-electron chi connectivity index (χ4n) is 6.88. The van der Waals surface area contributed by atoms with Gasteiger partial charge in [-0.15, -0.1) is 0 Å². The van der Waals surface area contributed by atoms with Crippen molar-refractivity contribution in [2.45, 2.75) is 224 Å². The molecule has 6 N–H and O–H groups in total. The minimum atomic E-state index is -5.23. The molecule has 0 saturated carbocycles. The van der Waals surface area contributed by atoms with Crippen molar-refractivity contribution in [2.24, 2.45) is 0 Å². The van der Waals surface area contributed by atoms with E-state index < -0.39 is 76.9 Å². The lowest BCUT2D eigenvalue weighted by atomic mass is 9.99. The van der Waals surface area contributed by atoms with E-state index >= 15 is 0 Å². The van der Waals surface area contributed by atoms with Crippen LogP contribution >= 0.6 is 0 Å². The number of amides is 1. The number of ether oxygens (including phenoxy) is 2. The van der Waals surface area contributed by atoms with Gasteiger partial charge in [-0.2, -0.15) is 16.8 Å². The van der Waals surface area contributed by atoms with Crippen LogP contribution in [0, 0.1) is 0 Å². The molecule has 1 aliphatic heterocycles. The molecule has 1 aliphatic rings. The van der Waals surface area contributed by atoms with Crippen LogP contribution in [0.2, 0.25) is 0 Å². The molecule has 338 valence electrons. The summed E-state index contributed by atoms with van der Waals surface area (Å²) >= 11 is 0. The lowest BCUT2D eigenvalue weighted by Gasteiger charge is -2.41. The SMILES string of the molecule is CCCCCCCCCCCCC/C=C/[C@@H](O)[C@H](COC1OC(COS(=O)(=O)O)C(O)C(O)C1OS(=O)(=O)O)NC(=O)CCCCCCCCCCCCCCC. The van der Waals surface area contributed by atoms with Gasteiger partial charge in [0.2, 0.25) is 5.91 Å². The van der Waals surface area contributed by atoms with Crippen LogP contribution < -0.4 is 5.32 Å². The van der Waals surface area contributed by atoms with E-state index in [0.717, 1.165) is 38.5 Å². The second-order valence-corrected chi connectivity index (χ2v) is 17.6. The molecule has 1 saturated heterocycles. The number of aliphatic hydroxyl groups excluding tert-OH is 3. The summed E-state index contributed by atoms with van der Waals surface area (Å²) in [5, 5.41) is 34.9.